The number of alkyl halides is 3. The van der Waals surface area contributed by atoms with E-state index in [1.165, 1.54) is 67.0 Å². The van der Waals surface area contributed by atoms with Crippen LogP contribution in [0.3, 0.4) is 0 Å². The van der Waals surface area contributed by atoms with Crippen LogP contribution in [0.15, 0.2) is 70.3 Å². The Kier molecular flexibility index (Phi) is 8.09. The minimum absolute atomic E-state index is 0.0178. The number of nitrogens with zero attached hydrogens (tertiary/aromatic N) is 4. The number of aromatic nitrogens is 4. The van der Waals surface area contributed by atoms with Crippen LogP contribution in [0.1, 0.15) is 26.6 Å². The zero-order valence-corrected chi connectivity index (χ0v) is 23.5. The topological polar surface area (TPSA) is 113 Å². The summed E-state index contributed by atoms with van der Waals surface area (Å²) in [5.74, 6) is -0.542. The maximum Gasteiger partial charge on any atom is 0.417 e. The summed E-state index contributed by atoms with van der Waals surface area (Å²) in [7, 11) is 2.68. The van der Waals surface area contributed by atoms with Crippen molar-refractivity contribution in [2.45, 2.75) is 19.3 Å². The van der Waals surface area contributed by atoms with E-state index in [-0.39, 0.29) is 41.8 Å². The van der Waals surface area contributed by atoms with Gasteiger partial charge in [-0.15, -0.1) is 11.3 Å². The van der Waals surface area contributed by atoms with Crippen molar-refractivity contribution >= 4 is 34.7 Å². The van der Waals surface area contributed by atoms with Crippen LogP contribution in [0.5, 0.6) is 11.6 Å². The number of carbonyl (C=O) groups excluding carboxylic acids is 1. The maximum absolute atomic E-state index is 13.8. The van der Waals surface area contributed by atoms with Gasteiger partial charge in [-0.25, -0.2) is 4.98 Å². The first kappa shape index (κ1) is 29.0. The molecule has 0 aliphatic rings. The molecule has 1 N–H and O–H groups in total. The van der Waals surface area contributed by atoms with Crippen molar-refractivity contribution in [1.29, 1.82) is 0 Å². The van der Waals surface area contributed by atoms with Gasteiger partial charge in [0.15, 0.2) is 23.8 Å². The summed E-state index contributed by atoms with van der Waals surface area (Å²) in [5, 5.41) is 7.38. The SMILES string of the molecule is COc1c(-c2cc(OC)n(Cc3cnco3)c(=O)c2)nn(C(=O)c2ccccc2C(F)(F)F)c1NCc1ccc(Cl)s1. The van der Waals surface area contributed by atoms with Gasteiger partial charge in [-0.2, -0.15) is 23.0 Å². The summed E-state index contributed by atoms with van der Waals surface area (Å²) in [6.07, 6.45) is -2.12. The van der Waals surface area contributed by atoms with Gasteiger partial charge in [0, 0.05) is 22.6 Å². The fourth-order valence-corrected chi connectivity index (χ4v) is 5.27. The van der Waals surface area contributed by atoms with Crippen LogP contribution >= 0.6 is 22.9 Å². The van der Waals surface area contributed by atoms with E-state index in [1.54, 1.807) is 12.1 Å². The van der Waals surface area contributed by atoms with Gasteiger partial charge in [0.2, 0.25) is 0 Å². The van der Waals surface area contributed by atoms with Crippen LogP contribution in [0.4, 0.5) is 19.0 Å². The van der Waals surface area contributed by atoms with Crippen molar-refractivity contribution in [3.05, 3.63) is 97.6 Å². The number of hydrogen-bond donors (Lipinski definition) is 1. The van der Waals surface area contributed by atoms with E-state index < -0.39 is 28.8 Å². The van der Waals surface area contributed by atoms with E-state index >= 15 is 0 Å². The molecule has 0 spiro atoms. The Morgan fingerprint density at radius 1 is 1.14 bits per heavy atom. The van der Waals surface area contributed by atoms with E-state index in [0.29, 0.717) is 10.1 Å². The first-order chi connectivity index (χ1) is 20.1. The van der Waals surface area contributed by atoms with E-state index in [2.05, 4.69) is 15.4 Å². The first-order valence-electron chi connectivity index (χ1n) is 12.1. The Bertz CT molecular complexity index is 1800. The standard InChI is InChI=1S/C27H21ClF3N5O5S/c1-39-22-10-15(9-21(37)35(22)13-16-11-32-14-41-16)23-24(40-2)25(33-12-17-7-8-20(28)42-17)36(34-23)26(38)18-5-3-4-6-19(18)27(29,30)31/h3-11,14,33H,12-13H2,1-2H3. The van der Waals surface area contributed by atoms with E-state index in [1.807, 2.05) is 0 Å². The van der Waals surface area contributed by atoms with Crippen molar-refractivity contribution in [1.82, 2.24) is 19.3 Å². The van der Waals surface area contributed by atoms with Crippen molar-refractivity contribution < 1.29 is 31.9 Å². The third-order valence-corrected chi connectivity index (χ3v) is 7.36. The zero-order valence-electron chi connectivity index (χ0n) is 21.9. The van der Waals surface area contributed by atoms with E-state index in [0.717, 1.165) is 21.7 Å². The number of pyridine rings is 1. The molecule has 0 atom stereocenters. The molecule has 4 heterocycles. The predicted octanol–water partition coefficient (Wildman–Crippen LogP) is 5.80. The molecule has 0 fully saturated rings. The Labute approximate surface area is 244 Å². The van der Waals surface area contributed by atoms with Crippen LogP contribution in [0.25, 0.3) is 11.3 Å². The monoisotopic (exact) mass is 619 g/mol. The lowest BCUT2D eigenvalue weighted by Gasteiger charge is -2.14. The van der Waals surface area contributed by atoms with Crippen LogP contribution in [-0.4, -0.2) is 39.5 Å². The quantitative estimate of drug-likeness (QED) is 0.220. The normalized spacial score (nSPS) is 11.5. The Balaban J connectivity index is 1.65. The molecule has 10 nitrogen and oxygen atoms in total. The summed E-state index contributed by atoms with van der Waals surface area (Å²) >= 11 is 7.32. The first-order valence-corrected chi connectivity index (χ1v) is 13.3. The molecule has 0 saturated heterocycles. The van der Waals surface area contributed by atoms with Gasteiger partial charge in [-0.1, -0.05) is 23.7 Å². The third kappa shape index (κ3) is 5.76. The number of methoxy groups -OCH3 is 2. The highest BCUT2D eigenvalue weighted by atomic mass is 35.5. The highest BCUT2D eigenvalue weighted by molar-refractivity contribution is 7.16. The van der Waals surface area contributed by atoms with Gasteiger partial charge >= 0.3 is 6.18 Å². The van der Waals surface area contributed by atoms with Gasteiger partial charge in [0.05, 0.1) is 49.0 Å². The number of nitrogens with one attached hydrogen (secondary N) is 1. The Morgan fingerprint density at radius 3 is 2.57 bits per heavy atom. The fourth-order valence-electron chi connectivity index (χ4n) is 4.25. The highest BCUT2D eigenvalue weighted by Gasteiger charge is 2.36. The number of hydrogen-bond acceptors (Lipinski definition) is 9. The van der Waals surface area contributed by atoms with Crippen LogP contribution in [0.2, 0.25) is 4.34 Å². The van der Waals surface area contributed by atoms with Gasteiger partial charge < -0.3 is 19.2 Å². The average molecular weight is 620 g/mol. The lowest BCUT2D eigenvalue weighted by Crippen LogP contribution is -2.22. The van der Waals surface area contributed by atoms with E-state index in [4.69, 9.17) is 25.5 Å². The molecule has 218 valence electrons. The lowest BCUT2D eigenvalue weighted by molar-refractivity contribution is -0.137. The summed E-state index contributed by atoms with van der Waals surface area (Å²) in [4.78, 5) is 31.4. The number of thiophene rings is 1. The minimum Gasteiger partial charge on any atom is -0.491 e. The summed E-state index contributed by atoms with van der Waals surface area (Å²) in [6.45, 7) is 0.173. The van der Waals surface area contributed by atoms with Gasteiger partial charge in [0.1, 0.15) is 11.5 Å². The molecular weight excluding hydrogens is 599 g/mol. The molecule has 0 amide bonds. The number of ether oxygens (including phenoxy) is 2. The third-order valence-electron chi connectivity index (χ3n) is 6.13. The minimum atomic E-state index is -4.80. The summed E-state index contributed by atoms with van der Waals surface area (Å²) in [6, 6.07) is 10.6. The molecule has 0 radical (unpaired) electrons. The molecule has 0 bridgehead atoms. The second kappa shape index (κ2) is 11.7. The smallest absolute Gasteiger partial charge is 0.417 e. The largest absolute Gasteiger partial charge is 0.491 e. The fraction of sp³-hybridized carbons (Fsp3) is 0.185. The van der Waals surface area contributed by atoms with Gasteiger partial charge in [-0.3, -0.25) is 14.2 Å². The molecule has 0 unspecified atom stereocenters. The average Bonchev–Trinajstić information content (AvgIpc) is 3.72. The molecule has 1 aromatic carbocycles. The van der Waals surface area contributed by atoms with Crippen molar-refractivity contribution in [2.75, 3.05) is 19.5 Å². The number of carbonyl (C=O) groups is 1. The summed E-state index contributed by atoms with van der Waals surface area (Å²) < 4.78 is 60.3. The molecular formula is C27H21ClF3N5O5S. The molecule has 4 aromatic heterocycles. The second-order valence-electron chi connectivity index (χ2n) is 8.73. The molecule has 5 rings (SSSR count). The second-order valence-corrected chi connectivity index (χ2v) is 10.5. The van der Waals surface area contributed by atoms with Gasteiger partial charge in [0.25, 0.3) is 11.5 Å². The Hall–Kier alpha value is -4.56. The van der Waals surface area contributed by atoms with Crippen molar-refractivity contribution in [2.24, 2.45) is 0 Å². The van der Waals surface area contributed by atoms with Crippen molar-refractivity contribution in [3.63, 3.8) is 0 Å². The lowest BCUT2D eigenvalue weighted by atomic mass is 10.1. The molecule has 42 heavy (non-hydrogen) atoms. The van der Waals surface area contributed by atoms with Crippen LogP contribution < -0.4 is 20.3 Å². The number of anilines is 1. The molecule has 5 aromatic rings. The molecule has 0 aliphatic heterocycles. The molecule has 15 heteroatoms. The predicted molar refractivity (Wildman–Crippen MR) is 148 cm³/mol. The zero-order chi connectivity index (χ0) is 30.0. The maximum atomic E-state index is 13.8. The van der Waals surface area contributed by atoms with Gasteiger partial charge in [-0.05, 0) is 24.3 Å². The Morgan fingerprint density at radius 2 is 1.93 bits per heavy atom. The number of oxazole rings is 1. The van der Waals surface area contributed by atoms with Crippen LogP contribution in [-0.2, 0) is 19.3 Å². The number of halogens is 4. The molecule has 0 aliphatic carbocycles. The number of benzene rings is 1. The molecule has 0 saturated carbocycles. The van der Waals surface area contributed by atoms with E-state index in [9.17, 15) is 22.8 Å². The van der Waals surface area contributed by atoms with Crippen LogP contribution in [0, 0.1) is 0 Å². The summed E-state index contributed by atoms with van der Waals surface area (Å²) in [5.41, 5.74) is -2.04. The number of rotatable bonds is 9. The van der Waals surface area contributed by atoms with Crippen molar-refractivity contribution in [3.8, 4) is 22.9 Å². The highest BCUT2D eigenvalue weighted by Crippen LogP contribution is 2.39.